The second-order valence-electron chi connectivity index (χ2n) is 4.88. The highest BCUT2D eigenvalue weighted by molar-refractivity contribution is 7.07. The molecule has 0 radical (unpaired) electrons. The van der Waals surface area contributed by atoms with Gasteiger partial charge in [-0.3, -0.25) is 9.59 Å². The maximum Gasteiger partial charge on any atom is 0.352 e. The van der Waals surface area contributed by atoms with Crippen LogP contribution in [0.15, 0.2) is 24.3 Å². The fraction of sp³-hybridized carbons (Fsp3) is 0.267. The van der Waals surface area contributed by atoms with Crippen LogP contribution < -0.4 is 11.1 Å². The fourth-order valence-electron chi connectivity index (χ4n) is 1.82. The van der Waals surface area contributed by atoms with E-state index in [1.54, 1.807) is 0 Å². The lowest BCUT2D eigenvalue weighted by molar-refractivity contribution is -0.123. The number of carbonyl (C=O) groups excluding carboxylic acids is 3. The highest BCUT2D eigenvalue weighted by Crippen LogP contribution is 2.15. The first-order valence-electron chi connectivity index (χ1n) is 7.15. The molecule has 0 fully saturated rings. The van der Waals surface area contributed by atoms with Crippen molar-refractivity contribution >= 4 is 35.0 Å². The lowest BCUT2D eigenvalue weighted by atomic mass is 10.2. The van der Waals surface area contributed by atoms with Gasteiger partial charge in [0.25, 0.3) is 5.91 Å². The molecule has 0 unspecified atom stereocenters. The van der Waals surface area contributed by atoms with E-state index in [9.17, 15) is 14.4 Å². The number of benzene rings is 1. The minimum atomic E-state index is -1.000. The Morgan fingerprint density at radius 1 is 1.29 bits per heavy atom. The summed E-state index contributed by atoms with van der Waals surface area (Å²) in [4.78, 5) is 35.4. The van der Waals surface area contributed by atoms with Crippen LogP contribution in [0, 0.1) is 0 Å². The van der Waals surface area contributed by atoms with E-state index in [1.165, 1.54) is 31.2 Å². The van der Waals surface area contributed by atoms with E-state index in [0.29, 0.717) is 28.2 Å². The summed E-state index contributed by atoms with van der Waals surface area (Å²) in [6.07, 6.45) is -0.451. The molecule has 1 heterocycles. The van der Waals surface area contributed by atoms with E-state index >= 15 is 0 Å². The van der Waals surface area contributed by atoms with Gasteiger partial charge in [-0.1, -0.05) is 11.4 Å². The Kier molecular flexibility index (Phi) is 5.59. The van der Waals surface area contributed by atoms with Gasteiger partial charge in [0, 0.05) is 11.3 Å². The molecule has 1 aromatic heterocycles. The lowest BCUT2D eigenvalue weighted by Crippen LogP contribution is -2.30. The molecule has 3 N–H and O–H groups in total. The van der Waals surface area contributed by atoms with Gasteiger partial charge in [0.15, 0.2) is 11.0 Å². The molecule has 2 rings (SSSR count). The average molecular weight is 348 g/mol. The van der Waals surface area contributed by atoms with Crippen LogP contribution in [-0.2, 0) is 16.0 Å². The summed E-state index contributed by atoms with van der Waals surface area (Å²) in [7, 11) is 0. The van der Waals surface area contributed by atoms with Crippen LogP contribution in [0.25, 0.3) is 0 Å². The minimum absolute atomic E-state index is 0.294. The third-order valence-electron chi connectivity index (χ3n) is 3.17. The Hall–Kier alpha value is -2.81. The number of aryl methyl sites for hydroxylation is 1. The number of nitrogens with one attached hydrogen (secondary N) is 1. The molecule has 0 saturated carbocycles. The first-order valence-corrected chi connectivity index (χ1v) is 7.92. The van der Waals surface area contributed by atoms with E-state index in [1.807, 2.05) is 6.92 Å². The van der Waals surface area contributed by atoms with Crippen molar-refractivity contribution < 1.29 is 19.1 Å². The van der Waals surface area contributed by atoms with Crippen LogP contribution in [0.3, 0.4) is 0 Å². The van der Waals surface area contributed by atoms with E-state index in [4.69, 9.17) is 10.5 Å². The minimum Gasteiger partial charge on any atom is -0.448 e. The van der Waals surface area contributed by atoms with E-state index in [0.717, 1.165) is 11.5 Å². The van der Waals surface area contributed by atoms with E-state index in [2.05, 4.69) is 14.9 Å². The molecule has 126 valence electrons. The Balaban J connectivity index is 1.96. The first-order chi connectivity index (χ1) is 11.4. The van der Waals surface area contributed by atoms with Crippen LogP contribution in [0.5, 0.6) is 0 Å². The van der Waals surface area contributed by atoms with Crippen LogP contribution in [-0.4, -0.2) is 33.5 Å². The molecule has 24 heavy (non-hydrogen) atoms. The van der Waals surface area contributed by atoms with Crippen molar-refractivity contribution in [1.29, 1.82) is 0 Å². The molecule has 0 saturated heterocycles. The number of anilines is 1. The first kappa shape index (κ1) is 17.5. The predicted octanol–water partition coefficient (Wildman–Crippen LogP) is 1.38. The van der Waals surface area contributed by atoms with Gasteiger partial charge in [-0.15, -0.1) is 5.10 Å². The number of carbonyl (C=O) groups is 3. The highest BCUT2D eigenvalue weighted by atomic mass is 32.1. The molecule has 0 spiro atoms. The number of aromatic nitrogens is 2. The van der Waals surface area contributed by atoms with Crippen molar-refractivity contribution in [3.05, 3.63) is 40.4 Å². The second-order valence-corrected chi connectivity index (χ2v) is 5.63. The van der Waals surface area contributed by atoms with E-state index in [-0.39, 0.29) is 0 Å². The molecule has 0 aliphatic rings. The van der Waals surface area contributed by atoms with Crippen molar-refractivity contribution in [3.8, 4) is 0 Å². The Bertz CT molecular complexity index is 757. The second kappa shape index (κ2) is 7.64. The zero-order chi connectivity index (χ0) is 17.7. The zero-order valence-corrected chi connectivity index (χ0v) is 13.9. The molecule has 1 aromatic carbocycles. The van der Waals surface area contributed by atoms with Gasteiger partial charge in [-0.05, 0) is 49.1 Å². The number of amides is 2. The zero-order valence-electron chi connectivity index (χ0n) is 13.1. The monoisotopic (exact) mass is 348 g/mol. The molecule has 9 heteroatoms. The molecule has 2 amide bonds. The molecule has 0 aliphatic carbocycles. The number of hydrogen-bond donors (Lipinski definition) is 2. The summed E-state index contributed by atoms with van der Waals surface area (Å²) in [6, 6.07) is 6.06. The summed E-state index contributed by atoms with van der Waals surface area (Å²) in [5.41, 5.74) is 6.48. The molecule has 1 atom stereocenters. The van der Waals surface area contributed by atoms with Gasteiger partial charge >= 0.3 is 5.97 Å². The number of rotatable bonds is 6. The summed E-state index contributed by atoms with van der Waals surface area (Å²) in [5, 5.41) is 6.42. The number of nitrogens with zero attached hydrogens (tertiary/aromatic N) is 2. The number of esters is 1. The topological polar surface area (TPSA) is 124 Å². The average Bonchev–Trinajstić information content (AvgIpc) is 3.04. The Morgan fingerprint density at radius 3 is 2.54 bits per heavy atom. The molecular weight excluding hydrogens is 332 g/mol. The fourth-order valence-corrected chi connectivity index (χ4v) is 2.46. The normalized spacial score (nSPS) is 11.6. The number of primary amides is 1. The summed E-state index contributed by atoms with van der Waals surface area (Å²) >= 11 is 0.933. The van der Waals surface area contributed by atoms with Crippen LogP contribution in [0.2, 0.25) is 0 Å². The molecule has 0 aliphatic heterocycles. The number of ether oxygens (including phenoxy) is 1. The van der Waals surface area contributed by atoms with Crippen molar-refractivity contribution in [1.82, 2.24) is 9.59 Å². The Morgan fingerprint density at radius 2 is 1.96 bits per heavy atom. The highest BCUT2D eigenvalue weighted by Gasteiger charge is 2.23. The summed E-state index contributed by atoms with van der Waals surface area (Å²) in [6.45, 7) is 3.31. The van der Waals surface area contributed by atoms with Gasteiger partial charge < -0.3 is 15.8 Å². The van der Waals surface area contributed by atoms with Crippen molar-refractivity contribution in [2.24, 2.45) is 5.73 Å². The Labute approximate surface area is 142 Å². The SMILES string of the molecule is CCc1nnsc1C(=O)O[C@@H](C)C(=O)Nc1ccc(C(N)=O)cc1. The van der Waals surface area contributed by atoms with Crippen LogP contribution in [0.4, 0.5) is 5.69 Å². The predicted molar refractivity (Wildman–Crippen MR) is 87.8 cm³/mol. The molecular formula is C15H16N4O4S. The molecule has 2 aromatic rings. The van der Waals surface area contributed by atoms with Gasteiger partial charge in [-0.2, -0.15) is 0 Å². The smallest absolute Gasteiger partial charge is 0.352 e. The van der Waals surface area contributed by atoms with Gasteiger partial charge in [0.05, 0.1) is 5.69 Å². The van der Waals surface area contributed by atoms with E-state index < -0.39 is 23.9 Å². The standard InChI is InChI=1S/C15H16N4O4S/c1-3-11-12(24-19-18-11)15(22)23-8(2)14(21)17-10-6-4-9(5-7-10)13(16)20/h4-8H,3H2,1-2H3,(H2,16,20)(H,17,21)/t8-/m0/s1. The maximum absolute atomic E-state index is 12.1. The van der Waals surface area contributed by atoms with Gasteiger partial charge in [0.1, 0.15) is 0 Å². The quantitative estimate of drug-likeness (QED) is 0.760. The van der Waals surface area contributed by atoms with Crippen molar-refractivity contribution in [2.45, 2.75) is 26.4 Å². The van der Waals surface area contributed by atoms with Crippen LogP contribution >= 0.6 is 11.5 Å². The number of hydrogen-bond acceptors (Lipinski definition) is 7. The third-order valence-corrected chi connectivity index (χ3v) is 3.91. The number of nitrogens with two attached hydrogens (primary N) is 1. The third kappa shape index (κ3) is 4.13. The van der Waals surface area contributed by atoms with Crippen molar-refractivity contribution in [2.75, 3.05) is 5.32 Å². The lowest BCUT2D eigenvalue weighted by Gasteiger charge is -2.13. The van der Waals surface area contributed by atoms with Gasteiger partial charge in [-0.25, -0.2) is 4.79 Å². The molecule has 8 nitrogen and oxygen atoms in total. The maximum atomic E-state index is 12.1. The largest absolute Gasteiger partial charge is 0.448 e. The summed E-state index contributed by atoms with van der Waals surface area (Å²) in [5.74, 6) is -1.68. The molecule has 0 bridgehead atoms. The van der Waals surface area contributed by atoms with Crippen molar-refractivity contribution in [3.63, 3.8) is 0 Å². The van der Waals surface area contributed by atoms with Crippen LogP contribution in [0.1, 0.15) is 39.6 Å². The summed E-state index contributed by atoms with van der Waals surface area (Å²) < 4.78 is 8.85. The van der Waals surface area contributed by atoms with Gasteiger partial charge in [0.2, 0.25) is 5.91 Å².